The number of aliphatic carboxylic acids is 1. The molecule has 2 heterocycles. The lowest BCUT2D eigenvalue weighted by Gasteiger charge is -2.21. The van der Waals surface area contributed by atoms with E-state index in [1.54, 1.807) is 18.1 Å². The van der Waals surface area contributed by atoms with Crippen LogP contribution < -0.4 is 10.2 Å². The number of hydrogen-bond donors (Lipinski definition) is 2. The second-order valence-corrected chi connectivity index (χ2v) is 4.14. The van der Waals surface area contributed by atoms with Crippen LogP contribution in [0.2, 0.25) is 0 Å². The fourth-order valence-electron chi connectivity index (χ4n) is 1.88. The normalized spacial score (nSPS) is 14.6. The molecule has 0 spiro atoms. The first-order chi connectivity index (χ1) is 8.68. The Balaban J connectivity index is 2.30. The van der Waals surface area contributed by atoms with Crippen LogP contribution in [0.25, 0.3) is 0 Å². The number of amidine groups is 1. The maximum atomic E-state index is 10.8. The van der Waals surface area contributed by atoms with Crippen LogP contribution in [0.4, 0.5) is 5.82 Å². The van der Waals surface area contributed by atoms with Crippen LogP contribution in [0.1, 0.15) is 12.0 Å². The largest absolute Gasteiger partial charge is 0.480 e. The maximum absolute atomic E-state index is 10.8. The van der Waals surface area contributed by atoms with Crippen molar-refractivity contribution in [3.8, 4) is 0 Å². The number of carboxylic acids is 1. The van der Waals surface area contributed by atoms with Gasteiger partial charge >= 0.3 is 5.97 Å². The summed E-state index contributed by atoms with van der Waals surface area (Å²) < 4.78 is 0. The number of likely N-dealkylation sites (N-methyl/N-ethyl adjacent to an activating group) is 1. The molecule has 0 aromatic carbocycles. The van der Waals surface area contributed by atoms with Crippen LogP contribution in [0.15, 0.2) is 23.3 Å². The van der Waals surface area contributed by atoms with Crippen molar-refractivity contribution < 1.29 is 9.90 Å². The highest BCUT2D eigenvalue weighted by Crippen LogP contribution is 2.16. The van der Waals surface area contributed by atoms with Crippen LogP contribution in [-0.4, -0.2) is 48.6 Å². The van der Waals surface area contributed by atoms with Gasteiger partial charge in [0.05, 0.1) is 5.56 Å². The first kappa shape index (κ1) is 12.3. The molecule has 0 fully saturated rings. The zero-order chi connectivity index (χ0) is 13.0. The van der Waals surface area contributed by atoms with Gasteiger partial charge in [-0.2, -0.15) is 0 Å². The van der Waals surface area contributed by atoms with E-state index in [-0.39, 0.29) is 6.54 Å². The summed E-state index contributed by atoms with van der Waals surface area (Å²) in [5, 5.41) is 12.1. The van der Waals surface area contributed by atoms with Gasteiger partial charge < -0.3 is 15.3 Å². The number of pyridine rings is 1. The summed E-state index contributed by atoms with van der Waals surface area (Å²) in [7, 11) is 1.71. The Hall–Kier alpha value is -2.11. The highest BCUT2D eigenvalue weighted by atomic mass is 16.4. The average molecular weight is 248 g/mol. The molecule has 0 saturated carbocycles. The van der Waals surface area contributed by atoms with Crippen molar-refractivity contribution >= 4 is 17.6 Å². The van der Waals surface area contributed by atoms with Crippen molar-refractivity contribution in [1.29, 1.82) is 0 Å². The number of nitrogens with one attached hydrogen (secondary N) is 1. The molecule has 0 aliphatic carbocycles. The Morgan fingerprint density at radius 3 is 3.11 bits per heavy atom. The topological polar surface area (TPSA) is 77.8 Å². The SMILES string of the molecule is CN(CC(=O)O)c1ncccc1C1=NCCCN1. The third-order valence-electron chi connectivity index (χ3n) is 2.67. The van der Waals surface area contributed by atoms with E-state index >= 15 is 0 Å². The minimum absolute atomic E-state index is 0.0860. The summed E-state index contributed by atoms with van der Waals surface area (Å²) in [6.07, 6.45) is 2.67. The molecule has 1 aromatic heterocycles. The number of aromatic nitrogens is 1. The fraction of sp³-hybridized carbons (Fsp3) is 0.417. The van der Waals surface area contributed by atoms with Gasteiger partial charge in [0.15, 0.2) is 0 Å². The molecule has 6 nitrogen and oxygen atoms in total. The van der Waals surface area contributed by atoms with E-state index < -0.39 is 5.97 Å². The van der Waals surface area contributed by atoms with Crippen LogP contribution >= 0.6 is 0 Å². The van der Waals surface area contributed by atoms with Gasteiger partial charge in [0.25, 0.3) is 0 Å². The summed E-state index contributed by atoms with van der Waals surface area (Å²) in [6.45, 7) is 1.59. The van der Waals surface area contributed by atoms with Gasteiger partial charge in [0.2, 0.25) is 0 Å². The Bertz CT molecular complexity index is 473. The van der Waals surface area contributed by atoms with Crippen LogP contribution in [0, 0.1) is 0 Å². The molecule has 0 unspecified atom stereocenters. The van der Waals surface area contributed by atoms with Gasteiger partial charge in [-0.05, 0) is 18.6 Å². The van der Waals surface area contributed by atoms with Gasteiger partial charge in [-0.25, -0.2) is 4.98 Å². The van der Waals surface area contributed by atoms with Crippen molar-refractivity contribution in [1.82, 2.24) is 10.3 Å². The van der Waals surface area contributed by atoms with Crippen molar-refractivity contribution in [3.05, 3.63) is 23.9 Å². The predicted molar refractivity (Wildman–Crippen MR) is 69.2 cm³/mol. The molecule has 18 heavy (non-hydrogen) atoms. The number of nitrogens with zero attached hydrogens (tertiary/aromatic N) is 3. The van der Waals surface area contributed by atoms with Gasteiger partial charge in [-0.15, -0.1) is 0 Å². The molecule has 2 rings (SSSR count). The standard InChI is InChI=1S/C12H16N4O2/c1-16(8-10(17)18)12-9(4-2-5-15-12)11-13-6-3-7-14-11/h2,4-5H,3,6-8H2,1H3,(H,13,14)(H,17,18). The second-order valence-electron chi connectivity index (χ2n) is 4.14. The van der Waals surface area contributed by atoms with Gasteiger partial charge in [-0.3, -0.25) is 9.79 Å². The molecule has 0 bridgehead atoms. The molecule has 1 aliphatic heterocycles. The highest BCUT2D eigenvalue weighted by molar-refractivity contribution is 6.03. The first-order valence-electron chi connectivity index (χ1n) is 5.85. The second kappa shape index (κ2) is 5.48. The summed E-state index contributed by atoms with van der Waals surface area (Å²) in [5.74, 6) is 0.544. The van der Waals surface area contributed by atoms with Crippen LogP contribution in [-0.2, 0) is 4.79 Å². The van der Waals surface area contributed by atoms with Gasteiger partial charge in [0, 0.05) is 26.3 Å². The molecule has 0 saturated heterocycles. The molecular weight excluding hydrogens is 232 g/mol. The fourth-order valence-corrected chi connectivity index (χ4v) is 1.88. The molecule has 1 aliphatic rings. The zero-order valence-electron chi connectivity index (χ0n) is 10.3. The molecular formula is C12H16N4O2. The molecule has 2 N–H and O–H groups in total. The number of hydrogen-bond acceptors (Lipinski definition) is 5. The number of rotatable bonds is 4. The lowest BCUT2D eigenvalue weighted by atomic mass is 10.2. The Kier molecular flexibility index (Phi) is 3.76. The van der Waals surface area contributed by atoms with Gasteiger partial charge in [0.1, 0.15) is 18.2 Å². The molecule has 0 amide bonds. The minimum atomic E-state index is -0.882. The molecule has 96 valence electrons. The monoisotopic (exact) mass is 248 g/mol. The van der Waals surface area contributed by atoms with Crippen molar-refractivity contribution in [2.75, 3.05) is 31.6 Å². The first-order valence-corrected chi connectivity index (χ1v) is 5.85. The maximum Gasteiger partial charge on any atom is 0.323 e. The van der Waals surface area contributed by atoms with Crippen molar-refractivity contribution in [3.63, 3.8) is 0 Å². The van der Waals surface area contributed by atoms with E-state index in [1.807, 2.05) is 12.1 Å². The molecule has 0 radical (unpaired) electrons. The van der Waals surface area contributed by atoms with Crippen molar-refractivity contribution in [2.45, 2.75) is 6.42 Å². The summed E-state index contributed by atoms with van der Waals surface area (Å²) in [5.41, 5.74) is 0.848. The Morgan fingerprint density at radius 1 is 1.61 bits per heavy atom. The van der Waals surface area contributed by atoms with E-state index in [0.29, 0.717) is 5.82 Å². The molecule has 6 heteroatoms. The van der Waals surface area contributed by atoms with E-state index in [2.05, 4.69) is 15.3 Å². The zero-order valence-corrected chi connectivity index (χ0v) is 10.3. The quantitative estimate of drug-likeness (QED) is 0.803. The number of carbonyl (C=O) groups is 1. The number of aliphatic imine (C=N–C) groups is 1. The summed E-state index contributed by atoms with van der Waals surface area (Å²) >= 11 is 0. The van der Waals surface area contributed by atoms with Crippen LogP contribution in [0.5, 0.6) is 0 Å². The van der Waals surface area contributed by atoms with E-state index in [0.717, 1.165) is 30.9 Å². The van der Waals surface area contributed by atoms with E-state index in [4.69, 9.17) is 5.11 Å². The smallest absolute Gasteiger partial charge is 0.323 e. The lowest BCUT2D eigenvalue weighted by Crippen LogP contribution is -2.33. The van der Waals surface area contributed by atoms with E-state index in [9.17, 15) is 4.79 Å². The number of carboxylic acid groups (broad SMARTS) is 1. The van der Waals surface area contributed by atoms with Crippen molar-refractivity contribution in [2.24, 2.45) is 4.99 Å². The summed E-state index contributed by atoms with van der Waals surface area (Å²) in [6, 6.07) is 3.73. The molecule has 1 aromatic rings. The van der Waals surface area contributed by atoms with E-state index in [1.165, 1.54) is 0 Å². The van der Waals surface area contributed by atoms with Gasteiger partial charge in [-0.1, -0.05) is 0 Å². The number of anilines is 1. The Morgan fingerprint density at radius 2 is 2.44 bits per heavy atom. The average Bonchev–Trinajstić information content (AvgIpc) is 2.39. The predicted octanol–water partition coefficient (Wildman–Crippen LogP) is 0.342. The minimum Gasteiger partial charge on any atom is -0.480 e. The third-order valence-corrected chi connectivity index (χ3v) is 2.67. The molecule has 0 atom stereocenters. The lowest BCUT2D eigenvalue weighted by molar-refractivity contribution is -0.135. The third kappa shape index (κ3) is 2.77. The Labute approximate surface area is 105 Å². The van der Waals surface area contributed by atoms with Crippen LogP contribution in [0.3, 0.4) is 0 Å². The summed E-state index contributed by atoms with van der Waals surface area (Å²) in [4.78, 5) is 21.0. The highest BCUT2D eigenvalue weighted by Gasteiger charge is 2.16.